The van der Waals surface area contributed by atoms with Crippen LogP contribution in [0.15, 0.2) is 12.4 Å². The van der Waals surface area contributed by atoms with Gasteiger partial charge in [-0.2, -0.15) is 5.10 Å². The molecule has 0 saturated carbocycles. The fourth-order valence-corrected chi connectivity index (χ4v) is 0.520. The van der Waals surface area contributed by atoms with Crippen molar-refractivity contribution in [1.82, 2.24) is 10.2 Å². The highest BCUT2D eigenvalue weighted by molar-refractivity contribution is 5.91. The van der Waals surface area contributed by atoms with Crippen molar-refractivity contribution in [2.24, 2.45) is 0 Å². The molecule has 0 aliphatic heterocycles. The Hall–Kier alpha value is -1.36. The number of hydrogen-bond donors (Lipinski definition) is 3. The van der Waals surface area contributed by atoms with Gasteiger partial charge in [-0.1, -0.05) is 0 Å². The molecule has 1 amide bonds. The van der Waals surface area contributed by atoms with E-state index in [-0.39, 0.29) is 0 Å². The number of rotatable bonds is 2. The Morgan fingerprint density at radius 2 is 2.70 bits per heavy atom. The number of hydrogen-bond acceptors (Lipinski definition) is 3. The second-order valence-corrected chi connectivity index (χ2v) is 1.69. The van der Waals surface area contributed by atoms with E-state index in [1.54, 1.807) is 0 Å². The number of H-pyrrole nitrogens is 1. The van der Waals surface area contributed by atoms with Gasteiger partial charge in [-0.05, 0) is 0 Å². The quantitative estimate of drug-likeness (QED) is 0.511. The molecule has 54 valence electrons. The van der Waals surface area contributed by atoms with Crippen LogP contribution in [0.25, 0.3) is 0 Å². The maximum atomic E-state index is 10.5. The second kappa shape index (κ2) is 2.98. The van der Waals surface area contributed by atoms with E-state index in [2.05, 4.69) is 15.5 Å². The number of aromatic nitrogens is 2. The number of nitrogens with zero attached hydrogens (tertiary/aromatic N) is 1. The minimum absolute atomic E-state index is 0.443. The van der Waals surface area contributed by atoms with Gasteiger partial charge in [0.1, 0.15) is 6.61 Å². The van der Waals surface area contributed by atoms with Crippen LogP contribution in [-0.2, 0) is 4.79 Å². The van der Waals surface area contributed by atoms with Crippen LogP contribution in [-0.4, -0.2) is 27.8 Å². The van der Waals surface area contributed by atoms with Crippen LogP contribution in [0.5, 0.6) is 0 Å². The second-order valence-electron chi connectivity index (χ2n) is 1.69. The number of anilines is 1. The molecule has 0 radical (unpaired) electrons. The van der Waals surface area contributed by atoms with Crippen LogP contribution in [0, 0.1) is 0 Å². The first-order valence-electron chi connectivity index (χ1n) is 2.72. The van der Waals surface area contributed by atoms with Gasteiger partial charge in [-0.25, -0.2) is 0 Å². The smallest absolute Gasteiger partial charge is 0.250 e. The number of nitrogens with one attached hydrogen (secondary N) is 2. The number of carbonyl (C=O) groups excluding carboxylic acids is 1. The molecule has 0 fully saturated rings. The average molecular weight is 141 g/mol. The molecule has 5 heteroatoms. The summed E-state index contributed by atoms with van der Waals surface area (Å²) in [4.78, 5) is 10.5. The molecule has 0 atom stereocenters. The highest BCUT2D eigenvalue weighted by atomic mass is 16.3. The topological polar surface area (TPSA) is 78.0 Å². The zero-order valence-corrected chi connectivity index (χ0v) is 5.16. The maximum absolute atomic E-state index is 10.5. The Kier molecular flexibility index (Phi) is 2.01. The normalized spacial score (nSPS) is 9.30. The summed E-state index contributed by atoms with van der Waals surface area (Å²) in [7, 11) is 0. The number of carbonyl (C=O) groups is 1. The van der Waals surface area contributed by atoms with Crippen LogP contribution in [0.2, 0.25) is 0 Å². The Morgan fingerprint density at radius 3 is 3.20 bits per heavy atom. The number of aromatic amines is 1. The summed E-state index contributed by atoms with van der Waals surface area (Å²) < 4.78 is 0. The molecule has 1 heterocycles. The first-order chi connectivity index (χ1) is 4.83. The van der Waals surface area contributed by atoms with Gasteiger partial charge in [-0.3, -0.25) is 9.89 Å². The van der Waals surface area contributed by atoms with Crippen molar-refractivity contribution in [2.45, 2.75) is 0 Å². The van der Waals surface area contributed by atoms with Crippen molar-refractivity contribution in [3.8, 4) is 0 Å². The lowest BCUT2D eigenvalue weighted by atomic mass is 10.5. The Bertz CT molecular complexity index is 207. The molecule has 0 aliphatic carbocycles. The van der Waals surface area contributed by atoms with Gasteiger partial charge in [0.05, 0.1) is 11.9 Å². The molecule has 0 spiro atoms. The van der Waals surface area contributed by atoms with Gasteiger partial charge in [0.15, 0.2) is 0 Å². The Morgan fingerprint density at radius 1 is 1.90 bits per heavy atom. The van der Waals surface area contributed by atoms with Gasteiger partial charge in [0, 0.05) is 6.20 Å². The number of aliphatic hydroxyl groups is 1. The van der Waals surface area contributed by atoms with E-state index in [1.807, 2.05) is 0 Å². The first-order valence-corrected chi connectivity index (χ1v) is 2.72. The molecule has 5 nitrogen and oxygen atoms in total. The number of aliphatic hydroxyl groups excluding tert-OH is 1. The molecule has 1 rings (SSSR count). The monoisotopic (exact) mass is 141 g/mol. The van der Waals surface area contributed by atoms with Crippen LogP contribution < -0.4 is 5.32 Å². The lowest BCUT2D eigenvalue weighted by Crippen LogP contribution is -2.14. The van der Waals surface area contributed by atoms with Crippen molar-refractivity contribution in [3.63, 3.8) is 0 Å². The summed E-state index contributed by atoms with van der Waals surface area (Å²) in [6, 6.07) is 0. The zero-order chi connectivity index (χ0) is 7.40. The van der Waals surface area contributed by atoms with Gasteiger partial charge in [-0.15, -0.1) is 0 Å². The van der Waals surface area contributed by atoms with Gasteiger partial charge < -0.3 is 10.4 Å². The Balaban J connectivity index is 2.48. The highest BCUT2D eigenvalue weighted by Crippen LogP contribution is 1.99. The van der Waals surface area contributed by atoms with E-state index < -0.39 is 12.5 Å². The van der Waals surface area contributed by atoms with Crippen LogP contribution in [0.1, 0.15) is 0 Å². The van der Waals surface area contributed by atoms with E-state index in [0.29, 0.717) is 5.69 Å². The largest absolute Gasteiger partial charge is 0.387 e. The summed E-state index contributed by atoms with van der Waals surface area (Å²) >= 11 is 0. The molecule has 3 N–H and O–H groups in total. The molecule has 1 aromatic rings. The Labute approximate surface area is 57.1 Å². The summed E-state index contributed by atoms with van der Waals surface area (Å²) in [6.07, 6.45) is 2.97. The third kappa shape index (κ3) is 1.56. The van der Waals surface area contributed by atoms with Gasteiger partial charge in [0.25, 0.3) is 0 Å². The summed E-state index contributed by atoms with van der Waals surface area (Å²) in [6.45, 7) is -0.509. The first kappa shape index (κ1) is 6.76. The molecule has 0 aliphatic rings. The predicted octanol–water partition coefficient (Wildman–Crippen LogP) is -0.660. The van der Waals surface area contributed by atoms with Gasteiger partial charge in [0.2, 0.25) is 5.91 Å². The zero-order valence-electron chi connectivity index (χ0n) is 5.16. The van der Waals surface area contributed by atoms with Crippen molar-refractivity contribution in [3.05, 3.63) is 12.4 Å². The lowest BCUT2D eigenvalue weighted by molar-refractivity contribution is -0.118. The molecule has 10 heavy (non-hydrogen) atoms. The maximum Gasteiger partial charge on any atom is 0.250 e. The fourth-order valence-electron chi connectivity index (χ4n) is 0.520. The predicted molar refractivity (Wildman–Crippen MR) is 34.3 cm³/mol. The van der Waals surface area contributed by atoms with Crippen molar-refractivity contribution in [2.75, 3.05) is 11.9 Å². The molecule has 0 unspecified atom stereocenters. The fraction of sp³-hybridized carbons (Fsp3) is 0.200. The van der Waals surface area contributed by atoms with E-state index in [1.165, 1.54) is 12.4 Å². The lowest BCUT2D eigenvalue weighted by Gasteiger charge is -1.95. The third-order valence-electron chi connectivity index (χ3n) is 0.926. The summed E-state index contributed by atoms with van der Waals surface area (Å²) in [5.74, 6) is -0.443. The molecular formula is C5H7N3O2. The standard InChI is InChI=1S/C5H7N3O2/c9-3-5(10)8-4-1-6-7-2-4/h1-2,9H,3H2,(H,6,7)(H,8,10). The minimum atomic E-state index is -0.509. The summed E-state index contributed by atoms with van der Waals surface area (Å²) in [5.41, 5.74) is 0.555. The van der Waals surface area contributed by atoms with Crippen LogP contribution >= 0.6 is 0 Å². The van der Waals surface area contributed by atoms with E-state index in [4.69, 9.17) is 5.11 Å². The molecule has 0 bridgehead atoms. The van der Waals surface area contributed by atoms with Crippen molar-refractivity contribution in [1.29, 1.82) is 0 Å². The molecule has 0 saturated heterocycles. The molecule has 1 aromatic heterocycles. The van der Waals surface area contributed by atoms with Crippen molar-refractivity contribution < 1.29 is 9.90 Å². The highest BCUT2D eigenvalue weighted by Gasteiger charge is 1.98. The SMILES string of the molecule is O=C(CO)Nc1cn[nH]c1. The minimum Gasteiger partial charge on any atom is -0.387 e. The van der Waals surface area contributed by atoms with Crippen LogP contribution in [0.3, 0.4) is 0 Å². The van der Waals surface area contributed by atoms with Crippen LogP contribution in [0.4, 0.5) is 5.69 Å². The number of amides is 1. The van der Waals surface area contributed by atoms with E-state index in [9.17, 15) is 4.79 Å². The molecule has 0 aromatic carbocycles. The van der Waals surface area contributed by atoms with E-state index in [0.717, 1.165) is 0 Å². The van der Waals surface area contributed by atoms with E-state index >= 15 is 0 Å². The molecular weight excluding hydrogens is 134 g/mol. The van der Waals surface area contributed by atoms with Crippen molar-refractivity contribution >= 4 is 11.6 Å². The third-order valence-corrected chi connectivity index (χ3v) is 0.926. The summed E-state index contributed by atoms with van der Waals surface area (Å²) in [5, 5.41) is 16.8. The average Bonchev–Trinajstić information content (AvgIpc) is 2.40. The van der Waals surface area contributed by atoms with Gasteiger partial charge >= 0.3 is 0 Å².